The van der Waals surface area contributed by atoms with Crippen molar-refractivity contribution in [2.45, 2.75) is 18.8 Å². The summed E-state index contributed by atoms with van der Waals surface area (Å²) in [6.45, 7) is 0. The molecule has 1 unspecified atom stereocenters. The van der Waals surface area contributed by atoms with Gasteiger partial charge in [-0.1, -0.05) is 0 Å². The molecule has 3 N–H and O–H groups in total. The first kappa shape index (κ1) is 9.96. The number of halogens is 1. The lowest BCUT2D eigenvalue weighted by molar-refractivity contribution is -0.139. The second-order valence-corrected chi connectivity index (χ2v) is 3.93. The fourth-order valence-electron chi connectivity index (χ4n) is 1.83. The first-order chi connectivity index (χ1) is 7.09. The summed E-state index contributed by atoms with van der Waals surface area (Å²) >= 11 is 0. The Balaban J connectivity index is 2.40. The largest absolute Gasteiger partial charge is 0.481 e. The zero-order valence-electron chi connectivity index (χ0n) is 8.11. The van der Waals surface area contributed by atoms with Gasteiger partial charge in [0.05, 0.1) is 5.92 Å². The van der Waals surface area contributed by atoms with E-state index in [1.165, 1.54) is 18.2 Å². The number of aliphatic carboxylic acids is 1. The monoisotopic (exact) mass is 209 g/mol. The third-order valence-electron chi connectivity index (χ3n) is 2.74. The number of nitrogens with two attached hydrogens (primary N) is 1. The highest BCUT2D eigenvalue weighted by Crippen LogP contribution is 2.44. The fourth-order valence-corrected chi connectivity index (χ4v) is 1.83. The first-order valence-electron chi connectivity index (χ1n) is 4.87. The van der Waals surface area contributed by atoms with Gasteiger partial charge >= 0.3 is 5.97 Å². The van der Waals surface area contributed by atoms with Crippen LogP contribution >= 0.6 is 0 Å². The predicted molar refractivity (Wildman–Crippen MR) is 53.9 cm³/mol. The summed E-state index contributed by atoms with van der Waals surface area (Å²) in [6.07, 6.45) is 1.76. The van der Waals surface area contributed by atoms with Crippen molar-refractivity contribution in [2.75, 3.05) is 5.73 Å². The van der Waals surface area contributed by atoms with Crippen LogP contribution in [0.1, 0.15) is 24.3 Å². The number of hydrogen-bond acceptors (Lipinski definition) is 2. The van der Waals surface area contributed by atoms with E-state index in [1.54, 1.807) is 0 Å². The second-order valence-electron chi connectivity index (χ2n) is 3.93. The van der Waals surface area contributed by atoms with Gasteiger partial charge < -0.3 is 10.8 Å². The topological polar surface area (TPSA) is 63.3 Å². The minimum Gasteiger partial charge on any atom is -0.481 e. The molecule has 0 amide bonds. The molecule has 4 heteroatoms. The van der Waals surface area contributed by atoms with Gasteiger partial charge in [-0.25, -0.2) is 4.39 Å². The number of anilines is 1. The molecule has 15 heavy (non-hydrogen) atoms. The van der Waals surface area contributed by atoms with Crippen LogP contribution in [0, 0.1) is 11.7 Å². The summed E-state index contributed by atoms with van der Waals surface area (Å²) in [7, 11) is 0. The molecule has 0 bridgehead atoms. The Morgan fingerprint density at radius 1 is 1.53 bits per heavy atom. The van der Waals surface area contributed by atoms with Gasteiger partial charge in [0, 0.05) is 5.69 Å². The van der Waals surface area contributed by atoms with Gasteiger partial charge in [-0.2, -0.15) is 0 Å². The normalized spacial score (nSPS) is 17.4. The van der Waals surface area contributed by atoms with E-state index in [1.807, 2.05) is 0 Å². The smallest absolute Gasteiger partial charge is 0.311 e. The Hall–Kier alpha value is -1.58. The molecule has 1 aromatic rings. The Bertz CT molecular complexity index is 402. The Morgan fingerprint density at radius 3 is 2.73 bits per heavy atom. The molecule has 0 radical (unpaired) electrons. The molecule has 0 spiro atoms. The zero-order chi connectivity index (χ0) is 11.0. The lowest BCUT2D eigenvalue weighted by Gasteiger charge is -2.13. The maximum absolute atomic E-state index is 13.0. The van der Waals surface area contributed by atoms with Gasteiger partial charge in [-0.3, -0.25) is 4.79 Å². The van der Waals surface area contributed by atoms with Crippen molar-refractivity contribution in [1.82, 2.24) is 0 Å². The van der Waals surface area contributed by atoms with Crippen molar-refractivity contribution in [3.63, 3.8) is 0 Å². The van der Waals surface area contributed by atoms with Crippen molar-refractivity contribution >= 4 is 11.7 Å². The van der Waals surface area contributed by atoms with Crippen molar-refractivity contribution in [3.8, 4) is 0 Å². The molecular weight excluding hydrogens is 197 g/mol. The highest BCUT2D eigenvalue weighted by atomic mass is 19.1. The van der Waals surface area contributed by atoms with Gasteiger partial charge in [-0.05, 0) is 42.5 Å². The molecule has 2 rings (SSSR count). The van der Waals surface area contributed by atoms with Crippen LogP contribution in [0.2, 0.25) is 0 Å². The Kier molecular flexibility index (Phi) is 2.34. The van der Waals surface area contributed by atoms with E-state index >= 15 is 0 Å². The third-order valence-corrected chi connectivity index (χ3v) is 2.74. The van der Waals surface area contributed by atoms with E-state index in [0.29, 0.717) is 11.3 Å². The average molecular weight is 209 g/mol. The van der Waals surface area contributed by atoms with Crippen LogP contribution in [-0.2, 0) is 4.79 Å². The Labute approximate surface area is 86.7 Å². The van der Waals surface area contributed by atoms with Crippen LogP contribution in [0.3, 0.4) is 0 Å². The van der Waals surface area contributed by atoms with Gasteiger partial charge in [0.1, 0.15) is 5.82 Å². The van der Waals surface area contributed by atoms with Gasteiger partial charge in [-0.15, -0.1) is 0 Å². The van der Waals surface area contributed by atoms with Gasteiger partial charge in [0.25, 0.3) is 0 Å². The number of carboxylic acids is 1. The molecule has 3 nitrogen and oxygen atoms in total. The number of nitrogen functional groups attached to an aromatic ring is 1. The second kappa shape index (κ2) is 3.53. The van der Waals surface area contributed by atoms with Gasteiger partial charge in [0.15, 0.2) is 0 Å². The number of rotatable bonds is 3. The maximum atomic E-state index is 13.0. The highest BCUT2D eigenvalue weighted by molar-refractivity contribution is 5.79. The molecule has 0 saturated heterocycles. The quantitative estimate of drug-likeness (QED) is 0.748. The van der Waals surface area contributed by atoms with E-state index < -0.39 is 17.7 Å². The molecule has 0 aromatic heterocycles. The summed E-state index contributed by atoms with van der Waals surface area (Å²) in [4.78, 5) is 11.1. The van der Waals surface area contributed by atoms with Crippen LogP contribution < -0.4 is 5.73 Å². The summed E-state index contributed by atoms with van der Waals surface area (Å²) < 4.78 is 13.0. The van der Waals surface area contributed by atoms with Crippen LogP contribution in [0.4, 0.5) is 10.1 Å². The van der Waals surface area contributed by atoms with Crippen LogP contribution in [0.25, 0.3) is 0 Å². The van der Waals surface area contributed by atoms with Gasteiger partial charge in [0.2, 0.25) is 0 Å². The minimum absolute atomic E-state index is 0.117. The fraction of sp³-hybridized carbons (Fsp3) is 0.364. The Morgan fingerprint density at radius 2 is 2.20 bits per heavy atom. The number of hydrogen-bond donors (Lipinski definition) is 2. The lowest BCUT2D eigenvalue weighted by atomic mass is 9.93. The minimum atomic E-state index is -0.921. The number of carbonyl (C=O) groups is 1. The standard InChI is InChI=1S/C11H12FNO2/c12-7-3-4-9(13)8(5-7)10(11(14)15)6-1-2-6/h3-6,10H,1-2,13H2,(H,14,15). The first-order valence-corrected chi connectivity index (χ1v) is 4.87. The molecule has 1 aromatic carbocycles. The van der Waals surface area contributed by atoms with Crippen molar-refractivity contribution in [1.29, 1.82) is 0 Å². The summed E-state index contributed by atoms with van der Waals surface area (Å²) in [5.74, 6) is -1.90. The predicted octanol–water partition coefficient (Wildman–Crippen LogP) is 1.99. The van der Waals surface area contributed by atoms with E-state index in [-0.39, 0.29) is 5.92 Å². The van der Waals surface area contributed by atoms with Crippen LogP contribution in [0.15, 0.2) is 18.2 Å². The summed E-state index contributed by atoms with van der Waals surface area (Å²) in [6, 6.07) is 3.89. The van der Waals surface area contributed by atoms with E-state index in [9.17, 15) is 9.18 Å². The summed E-state index contributed by atoms with van der Waals surface area (Å²) in [5.41, 5.74) is 6.43. The highest BCUT2D eigenvalue weighted by Gasteiger charge is 2.38. The molecule has 0 aliphatic heterocycles. The van der Waals surface area contributed by atoms with E-state index in [0.717, 1.165) is 12.8 Å². The lowest BCUT2D eigenvalue weighted by Crippen LogP contribution is -2.15. The molecule has 0 heterocycles. The van der Waals surface area contributed by atoms with Crippen molar-refractivity contribution < 1.29 is 14.3 Å². The van der Waals surface area contributed by atoms with Crippen molar-refractivity contribution in [3.05, 3.63) is 29.6 Å². The number of carboxylic acid groups (broad SMARTS) is 1. The van der Waals surface area contributed by atoms with E-state index in [2.05, 4.69) is 0 Å². The van der Waals surface area contributed by atoms with Crippen molar-refractivity contribution in [2.24, 2.45) is 5.92 Å². The molecule has 1 fully saturated rings. The van der Waals surface area contributed by atoms with E-state index in [4.69, 9.17) is 10.8 Å². The number of benzene rings is 1. The molecule has 1 saturated carbocycles. The van der Waals surface area contributed by atoms with Crippen LogP contribution in [0.5, 0.6) is 0 Å². The zero-order valence-corrected chi connectivity index (χ0v) is 8.11. The maximum Gasteiger partial charge on any atom is 0.311 e. The average Bonchev–Trinajstić information content (AvgIpc) is 2.95. The SMILES string of the molecule is Nc1ccc(F)cc1C(C(=O)O)C1CC1. The third kappa shape index (κ3) is 1.93. The summed E-state index contributed by atoms with van der Waals surface area (Å²) in [5, 5.41) is 9.07. The molecule has 1 aliphatic carbocycles. The molecule has 80 valence electrons. The molecular formula is C11H12FNO2. The molecule has 1 atom stereocenters. The molecule has 1 aliphatic rings. The van der Waals surface area contributed by atoms with Crippen LogP contribution in [-0.4, -0.2) is 11.1 Å².